The van der Waals surface area contributed by atoms with E-state index in [-0.39, 0.29) is 5.75 Å². The summed E-state index contributed by atoms with van der Waals surface area (Å²) in [7, 11) is -3.21. The Morgan fingerprint density at radius 3 is 2.05 bits per heavy atom. The van der Waals surface area contributed by atoms with E-state index in [0.29, 0.717) is 11.3 Å². The third kappa shape index (κ3) is 3.94. The lowest BCUT2D eigenvalue weighted by Gasteiger charge is -2.12. The van der Waals surface area contributed by atoms with E-state index in [1.807, 2.05) is 63.2 Å². The molecule has 0 saturated carbocycles. The van der Waals surface area contributed by atoms with Gasteiger partial charge in [0.15, 0.2) is 9.84 Å². The Morgan fingerprint density at radius 2 is 1.48 bits per heavy atom. The molecule has 0 aliphatic heterocycles. The van der Waals surface area contributed by atoms with Crippen LogP contribution >= 0.6 is 0 Å². The third-order valence-corrected chi connectivity index (χ3v) is 5.73. The lowest BCUT2D eigenvalue weighted by atomic mass is 10.1. The number of benzene rings is 2. The van der Waals surface area contributed by atoms with Crippen molar-refractivity contribution in [2.45, 2.75) is 38.5 Å². The monoisotopic (exact) mass is 302 g/mol. The molecule has 112 valence electrons. The molecule has 0 fully saturated rings. The number of sulfone groups is 1. The topological polar surface area (TPSA) is 34.1 Å². The lowest BCUT2D eigenvalue weighted by Crippen LogP contribution is -2.11. The summed E-state index contributed by atoms with van der Waals surface area (Å²) in [5, 5.41) is 0. The van der Waals surface area contributed by atoms with Crippen molar-refractivity contribution in [3.05, 3.63) is 64.7 Å². The Labute approximate surface area is 127 Å². The van der Waals surface area contributed by atoms with Crippen molar-refractivity contribution in [2.75, 3.05) is 5.75 Å². The maximum Gasteiger partial charge on any atom is 0.178 e. The maximum atomic E-state index is 12.6. The van der Waals surface area contributed by atoms with E-state index < -0.39 is 9.84 Å². The summed E-state index contributed by atoms with van der Waals surface area (Å²) in [6.45, 7) is 5.75. The minimum Gasteiger partial charge on any atom is -0.224 e. The lowest BCUT2D eigenvalue weighted by molar-refractivity contribution is 0.592. The van der Waals surface area contributed by atoms with E-state index in [4.69, 9.17) is 0 Å². The molecule has 0 atom stereocenters. The molecule has 21 heavy (non-hydrogen) atoms. The molecule has 0 aliphatic carbocycles. The maximum absolute atomic E-state index is 12.6. The van der Waals surface area contributed by atoms with Gasteiger partial charge in [0.1, 0.15) is 0 Å². The normalized spacial score (nSPS) is 11.6. The van der Waals surface area contributed by atoms with Crippen LogP contribution in [0.3, 0.4) is 0 Å². The highest BCUT2D eigenvalue weighted by Crippen LogP contribution is 2.23. The molecule has 0 aromatic heterocycles. The number of hydrogen-bond acceptors (Lipinski definition) is 2. The van der Waals surface area contributed by atoms with Crippen molar-refractivity contribution in [3.8, 4) is 0 Å². The zero-order chi connectivity index (χ0) is 15.5. The van der Waals surface area contributed by atoms with Gasteiger partial charge >= 0.3 is 0 Å². The van der Waals surface area contributed by atoms with Gasteiger partial charge in [-0.15, -0.1) is 0 Å². The second-order valence-corrected chi connectivity index (χ2v) is 7.68. The van der Waals surface area contributed by atoms with Gasteiger partial charge in [-0.1, -0.05) is 48.0 Å². The average Bonchev–Trinajstić information content (AvgIpc) is 2.38. The minimum absolute atomic E-state index is 0.201. The molecule has 3 heteroatoms. The van der Waals surface area contributed by atoms with Gasteiger partial charge in [0.05, 0.1) is 10.6 Å². The molecule has 0 heterocycles. The van der Waals surface area contributed by atoms with Crippen LogP contribution < -0.4 is 0 Å². The molecule has 0 saturated heterocycles. The van der Waals surface area contributed by atoms with Gasteiger partial charge in [-0.05, 0) is 50.3 Å². The quantitative estimate of drug-likeness (QED) is 0.836. The molecule has 0 aliphatic rings. The second kappa shape index (κ2) is 6.44. The van der Waals surface area contributed by atoms with Crippen molar-refractivity contribution in [2.24, 2.45) is 0 Å². The molecule has 2 aromatic rings. The zero-order valence-corrected chi connectivity index (χ0v) is 13.7. The fourth-order valence-corrected chi connectivity index (χ4v) is 4.70. The summed E-state index contributed by atoms with van der Waals surface area (Å²) < 4.78 is 25.2. The third-order valence-electron chi connectivity index (χ3n) is 3.64. The van der Waals surface area contributed by atoms with Crippen LogP contribution in [0.4, 0.5) is 0 Å². The summed E-state index contributed by atoms with van der Waals surface area (Å²) in [5.41, 5.74) is 4.00. The van der Waals surface area contributed by atoms with Crippen LogP contribution in [-0.2, 0) is 16.3 Å². The standard InChI is InChI=1S/C18H22O2S/c1-14-12-15(2)18(16(3)13-14)21(19,20)11-7-10-17-8-5-4-6-9-17/h4-6,8-9,12-13H,7,10-11H2,1-3H3. The first-order chi connectivity index (χ1) is 9.90. The van der Waals surface area contributed by atoms with E-state index in [1.54, 1.807) is 0 Å². The van der Waals surface area contributed by atoms with E-state index in [9.17, 15) is 8.42 Å². The van der Waals surface area contributed by atoms with Crippen molar-refractivity contribution in [1.29, 1.82) is 0 Å². The van der Waals surface area contributed by atoms with Gasteiger partial charge in [0, 0.05) is 0 Å². The Hall–Kier alpha value is -1.61. The van der Waals surface area contributed by atoms with Crippen LogP contribution in [0.1, 0.15) is 28.7 Å². The van der Waals surface area contributed by atoms with Crippen molar-refractivity contribution in [1.82, 2.24) is 0 Å². The van der Waals surface area contributed by atoms with Crippen LogP contribution in [0.15, 0.2) is 47.4 Å². The molecule has 0 spiro atoms. The molecule has 0 bridgehead atoms. The van der Waals surface area contributed by atoms with Gasteiger partial charge in [-0.2, -0.15) is 0 Å². The van der Waals surface area contributed by atoms with E-state index in [1.165, 1.54) is 5.56 Å². The molecular weight excluding hydrogens is 280 g/mol. The Bertz CT molecular complexity index is 693. The highest BCUT2D eigenvalue weighted by molar-refractivity contribution is 7.91. The van der Waals surface area contributed by atoms with Crippen LogP contribution in [0.2, 0.25) is 0 Å². The SMILES string of the molecule is Cc1cc(C)c(S(=O)(=O)CCCc2ccccc2)c(C)c1. The van der Waals surface area contributed by atoms with Crippen LogP contribution in [0.5, 0.6) is 0 Å². The number of hydrogen-bond donors (Lipinski definition) is 0. The smallest absolute Gasteiger partial charge is 0.178 e. The fraction of sp³-hybridized carbons (Fsp3) is 0.333. The summed E-state index contributed by atoms with van der Waals surface area (Å²) >= 11 is 0. The van der Waals surface area contributed by atoms with Crippen LogP contribution in [0.25, 0.3) is 0 Å². The molecule has 0 N–H and O–H groups in total. The molecule has 2 rings (SSSR count). The first-order valence-electron chi connectivity index (χ1n) is 7.25. The summed E-state index contributed by atoms with van der Waals surface area (Å²) in [5.74, 6) is 0.201. The number of aryl methyl sites for hydroxylation is 4. The first-order valence-corrected chi connectivity index (χ1v) is 8.90. The van der Waals surface area contributed by atoms with Gasteiger partial charge in [0.25, 0.3) is 0 Å². The molecule has 0 unspecified atom stereocenters. The van der Waals surface area contributed by atoms with E-state index >= 15 is 0 Å². The molecule has 0 amide bonds. The average molecular weight is 302 g/mol. The van der Waals surface area contributed by atoms with Crippen molar-refractivity contribution >= 4 is 9.84 Å². The highest BCUT2D eigenvalue weighted by Gasteiger charge is 2.19. The van der Waals surface area contributed by atoms with Gasteiger partial charge < -0.3 is 0 Å². The molecule has 0 radical (unpaired) electrons. The van der Waals surface area contributed by atoms with Crippen LogP contribution in [0, 0.1) is 20.8 Å². The van der Waals surface area contributed by atoms with Crippen molar-refractivity contribution < 1.29 is 8.42 Å². The Kier molecular flexibility index (Phi) is 4.84. The van der Waals surface area contributed by atoms with Gasteiger partial charge in [-0.25, -0.2) is 8.42 Å². The van der Waals surface area contributed by atoms with E-state index in [0.717, 1.165) is 23.1 Å². The largest absolute Gasteiger partial charge is 0.224 e. The Balaban J connectivity index is 2.12. The Morgan fingerprint density at radius 1 is 0.905 bits per heavy atom. The van der Waals surface area contributed by atoms with Gasteiger partial charge in [-0.3, -0.25) is 0 Å². The summed E-state index contributed by atoms with van der Waals surface area (Å²) in [6.07, 6.45) is 1.45. The minimum atomic E-state index is -3.21. The molecule has 2 aromatic carbocycles. The second-order valence-electron chi connectivity index (χ2n) is 5.64. The predicted molar refractivity (Wildman–Crippen MR) is 87.5 cm³/mol. The number of rotatable bonds is 5. The van der Waals surface area contributed by atoms with Gasteiger partial charge in [0.2, 0.25) is 0 Å². The highest BCUT2D eigenvalue weighted by atomic mass is 32.2. The van der Waals surface area contributed by atoms with Crippen molar-refractivity contribution in [3.63, 3.8) is 0 Å². The van der Waals surface area contributed by atoms with Crippen LogP contribution in [-0.4, -0.2) is 14.2 Å². The zero-order valence-electron chi connectivity index (χ0n) is 12.9. The summed E-state index contributed by atoms with van der Waals surface area (Å²) in [6, 6.07) is 13.9. The predicted octanol–water partition coefficient (Wildman–Crippen LogP) is 4.02. The summed E-state index contributed by atoms with van der Waals surface area (Å²) in [4.78, 5) is 0.515. The fourth-order valence-electron chi connectivity index (χ4n) is 2.87. The molecule has 2 nitrogen and oxygen atoms in total. The first kappa shape index (κ1) is 15.8. The molecular formula is C18H22O2S. The van der Waals surface area contributed by atoms with E-state index in [2.05, 4.69) is 0 Å².